The van der Waals surface area contributed by atoms with Crippen molar-refractivity contribution < 1.29 is 0 Å². The van der Waals surface area contributed by atoms with Crippen LogP contribution in [0.2, 0.25) is 0 Å². The van der Waals surface area contributed by atoms with Crippen LogP contribution in [0.1, 0.15) is 18.1 Å². The van der Waals surface area contributed by atoms with Crippen LogP contribution >= 0.6 is 0 Å². The van der Waals surface area contributed by atoms with Gasteiger partial charge in [-0.25, -0.2) is 0 Å². The van der Waals surface area contributed by atoms with Crippen LogP contribution in [-0.2, 0) is 0 Å². The molecule has 0 heterocycles. The first-order valence-corrected chi connectivity index (χ1v) is 18.4. The number of allylic oxidation sites excluding steroid dienone is 1. The standard InChI is InChI=1S/C53H36/c1-35(31-41-19-7-9-21-43(41)37-16-3-2-4-17-37)52-47-25-13-14-26-48(47)53(50-34-42-20-8-10-22-44(42)45-23-11-12-24-46(45)50)51-33-40(29-30-49(51)52)39-28-27-36-15-5-6-18-38(36)32-39/h2-34H,1H3/b35-31+. The zero-order valence-electron chi connectivity index (χ0n) is 29.6. The summed E-state index contributed by atoms with van der Waals surface area (Å²) in [6, 6.07) is 71.2. The van der Waals surface area contributed by atoms with Gasteiger partial charge in [0.2, 0.25) is 0 Å². The minimum absolute atomic E-state index is 1.21. The summed E-state index contributed by atoms with van der Waals surface area (Å²) in [5, 5.41) is 12.6. The average Bonchev–Trinajstić information content (AvgIpc) is 3.22. The van der Waals surface area contributed by atoms with Gasteiger partial charge in [0.25, 0.3) is 0 Å². The maximum absolute atomic E-state index is 2.44. The van der Waals surface area contributed by atoms with E-state index in [1.54, 1.807) is 0 Å². The molecule has 248 valence electrons. The molecule has 0 saturated carbocycles. The van der Waals surface area contributed by atoms with Gasteiger partial charge < -0.3 is 0 Å². The van der Waals surface area contributed by atoms with Crippen LogP contribution in [-0.4, -0.2) is 0 Å². The Kier molecular flexibility index (Phi) is 7.48. The lowest BCUT2D eigenvalue weighted by atomic mass is 9.82. The molecular formula is C53H36. The molecule has 0 unspecified atom stereocenters. The second-order valence-electron chi connectivity index (χ2n) is 14.1. The highest BCUT2D eigenvalue weighted by molar-refractivity contribution is 6.25. The minimum atomic E-state index is 1.21. The van der Waals surface area contributed by atoms with Crippen LogP contribution < -0.4 is 0 Å². The molecule has 0 saturated heterocycles. The first-order valence-electron chi connectivity index (χ1n) is 18.4. The monoisotopic (exact) mass is 672 g/mol. The molecule has 0 aliphatic carbocycles. The van der Waals surface area contributed by atoms with E-state index in [0.29, 0.717) is 0 Å². The van der Waals surface area contributed by atoms with Crippen molar-refractivity contribution in [3.63, 3.8) is 0 Å². The quantitative estimate of drug-likeness (QED) is 0.0970. The fourth-order valence-corrected chi connectivity index (χ4v) is 8.51. The van der Waals surface area contributed by atoms with E-state index in [1.165, 1.54) is 104 Å². The molecule has 0 heteroatoms. The Labute approximate surface area is 309 Å². The normalized spacial score (nSPS) is 12.0. The van der Waals surface area contributed by atoms with E-state index in [0.717, 1.165) is 0 Å². The van der Waals surface area contributed by atoms with E-state index in [4.69, 9.17) is 0 Å². The number of rotatable bonds is 5. The van der Waals surface area contributed by atoms with Gasteiger partial charge in [-0.05, 0) is 129 Å². The fourth-order valence-electron chi connectivity index (χ4n) is 8.51. The molecule has 0 aliphatic rings. The highest BCUT2D eigenvalue weighted by Crippen LogP contribution is 2.46. The summed E-state index contributed by atoms with van der Waals surface area (Å²) in [6.07, 6.45) is 2.38. The Morgan fingerprint density at radius 1 is 0.340 bits per heavy atom. The van der Waals surface area contributed by atoms with Crippen molar-refractivity contribution in [2.24, 2.45) is 0 Å². The average molecular weight is 673 g/mol. The highest BCUT2D eigenvalue weighted by atomic mass is 14.2. The van der Waals surface area contributed by atoms with Crippen LogP contribution in [0, 0.1) is 0 Å². The third-order valence-corrected chi connectivity index (χ3v) is 11.0. The molecule has 0 bridgehead atoms. The summed E-state index contributed by atoms with van der Waals surface area (Å²) in [4.78, 5) is 0. The molecule has 0 aliphatic heterocycles. The number of fused-ring (bicyclic) bond motifs is 6. The van der Waals surface area contributed by atoms with E-state index in [2.05, 4.69) is 207 Å². The molecule has 10 rings (SSSR count). The molecule has 0 N–H and O–H groups in total. The molecule has 0 nitrogen and oxygen atoms in total. The first-order chi connectivity index (χ1) is 26.2. The lowest BCUT2D eigenvalue weighted by Gasteiger charge is -2.21. The van der Waals surface area contributed by atoms with Gasteiger partial charge in [0.1, 0.15) is 0 Å². The maximum Gasteiger partial charge on any atom is -0.00197 e. The van der Waals surface area contributed by atoms with Crippen molar-refractivity contribution in [2.45, 2.75) is 6.92 Å². The Hall–Kier alpha value is -6.76. The molecule has 0 radical (unpaired) electrons. The Morgan fingerprint density at radius 3 is 1.75 bits per heavy atom. The Bertz CT molecular complexity index is 3050. The van der Waals surface area contributed by atoms with Gasteiger partial charge in [-0.15, -0.1) is 0 Å². The summed E-state index contributed by atoms with van der Waals surface area (Å²) in [5.74, 6) is 0. The molecule has 10 aromatic rings. The number of hydrogen-bond donors (Lipinski definition) is 0. The van der Waals surface area contributed by atoms with Crippen LogP contribution in [0.15, 0.2) is 194 Å². The number of benzene rings is 10. The molecule has 10 aromatic carbocycles. The summed E-state index contributed by atoms with van der Waals surface area (Å²) in [5.41, 5.74) is 11.2. The van der Waals surface area contributed by atoms with E-state index in [9.17, 15) is 0 Å². The SMILES string of the molecule is C/C(=C\c1ccccc1-c1ccccc1)c1c2ccccc2c(-c2cc3ccccc3c3ccccc23)c2cc(-c3ccc4ccccc4c3)ccc12. The minimum Gasteiger partial charge on any atom is -0.0622 e. The van der Waals surface area contributed by atoms with Gasteiger partial charge in [0.15, 0.2) is 0 Å². The number of hydrogen-bond acceptors (Lipinski definition) is 0. The van der Waals surface area contributed by atoms with Crippen molar-refractivity contribution in [3.8, 4) is 33.4 Å². The van der Waals surface area contributed by atoms with Crippen LogP contribution in [0.3, 0.4) is 0 Å². The van der Waals surface area contributed by atoms with Crippen LogP contribution in [0.4, 0.5) is 0 Å². The largest absolute Gasteiger partial charge is 0.0622 e. The molecule has 0 atom stereocenters. The summed E-state index contributed by atoms with van der Waals surface area (Å²) >= 11 is 0. The van der Waals surface area contributed by atoms with Crippen LogP contribution in [0.5, 0.6) is 0 Å². The van der Waals surface area contributed by atoms with Crippen molar-refractivity contribution in [2.75, 3.05) is 0 Å². The first kappa shape index (κ1) is 31.0. The van der Waals surface area contributed by atoms with Gasteiger partial charge >= 0.3 is 0 Å². The lowest BCUT2D eigenvalue weighted by Crippen LogP contribution is -1.95. The zero-order valence-corrected chi connectivity index (χ0v) is 29.6. The Balaban J connectivity index is 1.31. The predicted octanol–water partition coefficient (Wildman–Crippen LogP) is 15.0. The van der Waals surface area contributed by atoms with Gasteiger partial charge in [0.05, 0.1) is 0 Å². The molecular weight excluding hydrogens is 637 g/mol. The van der Waals surface area contributed by atoms with Gasteiger partial charge in [-0.2, -0.15) is 0 Å². The summed E-state index contributed by atoms with van der Waals surface area (Å²) in [7, 11) is 0. The van der Waals surface area contributed by atoms with Crippen molar-refractivity contribution in [1.82, 2.24) is 0 Å². The van der Waals surface area contributed by atoms with E-state index in [-0.39, 0.29) is 0 Å². The second kappa shape index (κ2) is 12.8. The lowest BCUT2D eigenvalue weighted by molar-refractivity contribution is 1.58. The van der Waals surface area contributed by atoms with E-state index in [1.807, 2.05) is 0 Å². The molecule has 53 heavy (non-hydrogen) atoms. The smallest absolute Gasteiger partial charge is 0.00197 e. The van der Waals surface area contributed by atoms with Crippen molar-refractivity contribution in [3.05, 3.63) is 205 Å². The third kappa shape index (κ3) is 5.31. The zero-order chi connectivity index (χ0) is 35.3. The molecule has 0 amide bonds. The topological polar surface area (TPSA) is 0 Å². The summed E-state index contributed by atoms with van der Waals surface area (Å²) in [6.45, 7) is 2.28. The van der Waals surface area contributed by atoms with E-state index >= 15 is 0 Å². The van der Waals surface area contributed by atoms with Crippen molar-refractivity contribution >= 4 is 65.5 Å². The predicted molar refractivity (Wildman–Crippen MR) is 230 cm³/mol. The van der Waals surface area contributed by atoms with Crippen molar-refractivity contribution in [1.29, 1.82) is 0 Å². The second-order valence-corrected chi connectivity index (χ2v) is 14.1. The molecule has 0 spiro atoms. The van der Waals surface area contributed by atoms with Gasteiger partial charge in [0, 0.05) is 0 Å². The molecule has 0 fully saturated rings. The Morgan fingerprint density at radius 2 is 0.925 bits per heavy atom. The summed E-state index contributed by atoms with van der Waals surface area (Å²) < 4.78 is 0. The van der Waals surface area contributed by atoms with Gasteiger partial charge in [-0.3, -0.25) is 0 Å². The third-order valence-electron chi connectivity index (χ3n) is 11.0. The maximum atomic E-state index is 2.44. The van der Waals surface area contributed by atoms with E-state index < -0.39 is 0 Å². The molecule has 0 aromatic heterocycles. The van der Waals surface area contributed by atoms with Gasteiger partial charge in [-0.1, -0.05) is 182 Å². The van der Waals surface area contributed by atoms with Crippen LogP contribution in [0.25, 0.3) is 98.9 Å². The fraction of sp³-hybridized carbons (Fsp3) is 0.0189. The highest BCUT2D eigenvalue weighted by Gasteiger charge is 2.20.